The maximum Gasteiger partial charge on any atom is 0.449 e. The van der Waals surface area contributed by atoms with Gasteiger partial charge in [-0.2, -0.15) is 18.4 Å². The fourth-order valence-corrected chi connectivity index (χ4v) is 2.67. The van der Waals surface area contributed by atoms with E-state index in [-0.39, 0.29) is 79.1 Å². The predicted molar refractivity (Wildman–Crippen MR) is 93.0 cm³/mol. The molecule has 0 unspecified atom stereocenters. The van der Waals surface area contributed by atoms with Crippen LogP contribution in [0.4, 0.5) is 13.2 Å². The van der Waals surface area contributed by atoms with Crippen molar-refractivity contribution in [3.8, 4) is 17.4 Å². The predicted octanol–water partition coefficient (Wildman–Crippen LogP) is 3.85. The second-order valence-corrected chi connectivity index (χ2v) is 5.59. The first-order valence-corrected chi connectivity index (χ1v) is 7.41. The van der Waals surface area contributed by atoms with Crippen molar-refractivity contribution in [1.82, 2.24) is 9.97 Å². The van der Waals surface area contributed by atoms with E-state index < -0.39 is 17.4 Å². The van der Waals surface area contributed by atoms with Gasteiger partial charge in [-0.3, -0.25) is 4.79 Å². The third kappa shape index (κ3) is 3.59. The van der Waals surface area contributed by atoms with Crippen molar-refractivity contribution in [2.24, 2.45) is 0 Å². The maximum absolute atomic E-state index is 12.9. The van der Waals surface area contributed by atoms with Crippen LogP contribution >= 0.6 is 0 Å². The minimum atomic E-state index is -4.64. The van der Waals surface area contributed by atoms with Gasteiger partial charge in [0.1, 0.15) is 11.3 Å². The molecule has 0 aliphatic rings. The fraction of sp³-hybridized carbons (Fsp3) is 0.0556. The summed E-state index contributed by atoms with van der Waals surface area (Å²) >= 11 is 0. The van der Waals surface area contributed by atoms with E-state index in [4.69, 9.17) is 9.68 Å². The zero-order valence-electron chi connectivity index (χ0n) is 13.9. The molecule has 0 aliphatic heterocycles. The van der Waals surface area contributed by atoms with Crippen LogP contribution in [0.15, 0.2) is 51.7 Å². The Morgan fingerprint density at radius 1 is 1.11 bits per heavy atom. The number of aromatic amines is 1. The number of benzene rings is 2. The second-order valence-electron chi connectivity index (χ2n) is 5.59. The number of H-pyrrole nitrogens is 1. The Hall–Kier alpha value is -1.96. The molecule has 1 N–H and O–H groups in total. The molecule has 4 aromatic rings. The standard InChI is InChI=1S/C18H8F3N3O2.K/c19-18(20,21)17-23-12-6-5-11-13(25)7-14(26-16(11)15(12)24-17)10-3-1-9(8-22)2-4-10;/h1-7H,(H,23,24);. The molecule has 27 heavy (non-hydrogen) atoms. The quantitative estimate of drug-likeness (QED) is 0.497. The molecule has 0 saturated heterocycles. The zero-order valence-corrected chi connectivity index (χ0v) is 17.0. The van der Waals surface area contributed by atoms with E-state index in [2.05, 4.69) is 9.97 Å². The molecule has 129 valence electrons. The Balaban J connectivity index is 0.00000210. The number of imidazole rings is 1. The van der Waals surface area contributed by atoms with Crippen LogP contribution < -0.4 is 5.43 Å². The molecule has 0 fully saturated rings. The Labute approximate surface area is 192 Å². The van der Waals surface area contributed by atoms with E-state index in [1.807, 2.05) is 6.07 Å². The molecular formula is C18H8F3KN3O2. The summed E-state index contributed by atoms with van der Waals surface area (Å²) in [5.74, 6) is -0.984. The first-order valence-electron chi connectivity index (χ1n) is 7.41. The average Bonchev–Trinajstić information content (AvgIpc) is 3.07. The topological polar surface area (TPSA) is 82.7 Å². The van der Waals surface area contributed by atoms with Crippen LogP contribution in [0, 0.1) is 11.3 Å². The number of hydrogen-bond acceptors (Lipinski definition) is 4. The molecule has 0 saturated carbocycles. The van der Waals surface area contributed by atoms with E-state index in [9.17, 15) is 18.0 Å². The van der Waals surface area contributed by atoms with E-state index in [0.29, 0.717) is 11.1 Å². The molecule has 0 atom stereocenters. The molecule has 2 heterocycles. The van der Waals surface area contributed by atoms with Gasteiger partial charge in [0.2, 0.25) is 5.82 Å². The summed E-state index contributed by atoms with van der Waals surface area (Å²) in [4.78, 5) is 18.1. The number of nitrogens with one attached hydrogen (secondary N) is 1. The van der Waals surface area contributed by atoms with Crippen molar-refractivity contribution in [3.63, 3.8) is 0 Å². The van der Waals surface area contributed by atoms with Crippen LogP contribution in [-0.2, 0) is 6.18 Å². The minimum absolute atomic E-state index is 0. The van der Waals surface area contributed by atoms with Crippen LogP contribution in [0.1, 0.15) is 11.4 Å². The van der Waals surface area contributed by atoms with Gasteiger partial charge in [0.05, 0.1) is 22.5 Å². The Bertz CT molecular complexity index is 1250. The number of aromatic nitrogens is 2. The van der Waals surface area contributed by atoms with E-state index in [1.54, 1.807) is 24.3 Å². The zero-order chi connectivity index (χ0) is 18.5. The Morgan fingerprint density at radius 2 is 1.81 bits per heavy atom. The van der Waals surface area contributed by atoms with Crippen LogP contribution in [0.2, 0.25) is 0 Å². The molecule has 2 aromatic heterocycles. The first-order chi connectivity index (χ1) is 12.4. The molecule has 9 heteroatoms. The van der Waals surface area contributed by atoms with Gasteiger partial charge in [-0.15, -0.1) is 0 Å². The smallest absolute Gasteiger partial charge is 0.449 e. The van der Waals surface area contributed by atoms with Crippen molar-refractivity contribution >= 4 is 73.4 Å². The number of rotatable bonds is 1. The van der Waals surface area contributed by atoms with Crippen LogP contribution in [0.5, 0.6) is 0 Å². The average molecular weight is 394 g/mol. The number of hydrogen-bond donors (Lipinski definition) is 1. The van der Waals surface area contributed by atoms with Crippen molar-refractivity contribution in [2.75, 3.05) is 0 Å². The van der Waals surface area contributed by atoms with Gasteiger partial charge >= 0.3 is 6.18 Å². The summed E-state index contributed by atoms with van der Waals surface area (Å²) in [7, 11) is 0. The van der Waals surface area contributed by atoms with Crippen molar-refractivity contribution in [1.29, 1.82) is 5.26 Å². The largest absolute Gasteiger partial charge is 0.453 e. The maximum atomic E-state index is 12.9. The SMILES string of the molecule is N#Cc1ccc(-c2cc(=O)c3ccc4[nH]c(C(F)(F)F)nc4c3o2)cc1.[K]. The van der Waals surface area contributed by atoms with Gasteiger partial charge in [-0.25, -0.2) is 4.98 Å². The fourth-order valence-electron chi connectivity index (χ4n) is 2.67. The van der Waals surface area contributed by atoms with Crippen molar-refractivity contribution in [2.45, 2.75) is 6.18 Å². The van der Waals surface area contributed by atoms with Gasteiger partial charge < -0.3 is 9.40 Å². The third-order valence-electron chi connectivity index (χ3n) is 3.91. The monoisotopic (exact) mass is 394 g/mol. The molecule has 5 nitrogen and oxygen atoms in total. The summed E-state index contributed by atoms with van der Waals surface area (Å²) in [6.07, 6.45) is -4.64. The first kappa shape index (κ1) is 19.8. The van der Waals surface area contributed by atoms with E-state index >= 15 is 0 Å². The molecular weight excluding hydrogens is 386 g/mol. The molecule has 2 aromatic carbocycles. The third-order valence-corrected chi connectivity index (χ3v) is 3.91. The van der Waals surface area contributed by atoms with Gasteiger partial charge in [0, 0.05) is 63.0 Å². The Morgan fingerprint density at radius 3 is 2.44 bits per heavy atom. The molecule has 0 aliphatic carbocycles. The van der Waals surface area contributed by atoms with Crippen molar-refractivity contribution < 1.29 is 17.6 Å². The normalized spacial score (nSPS) is 11.3. The van der Waals surface area contributed by atoms with E-state index in [0.717, 1.165) is 0 Å². The van der Waals surface area contributed by atoms with Crippen molar-refractivity contribution in [3.05, 3.63) is 64.1 Å². The van der Waals surface area contributed by atoms with Gasteiger partial charge in [0.15, 0.2) is 11.0 Å². The number of fused-ring (bicyclic) bond motifs is 3. The summed E-state index contributed by atoms with van der Waals surface area (Å²) in [5, 5.41) is 8.98. The molecule has 0 spiro atoms. The molecule has 0 bridgehead atoms. The number of nitriles is 1. The van der Waals surface area contributed by atoms with Crippen LogP contribution in [0.25, 0.3) is 33.3 Å². The van der Waals surface area contributed by atoms with E-state index in [1.165, 1.54) is 18.2 Å². The summed E-state index contributed by atoms with van der Waals surface area (Å²) < 4.78 is 44.4. The van der Waals surface area contributed by atoms with Gasteiger partial charge in [0.25, 0.3) is 0 Å². The summed E-state index contributed by atoms with van der Waals surface area (Å²) in [6.45, 7) is 0. The molecule has 0 amide bonds. The summed E-state index contributed by atoms with van der Waals surface area (Å²) in [5.41, 5.74) is 0.575. The minimum Gasteiger partial charge on any atom is -0.453 e. The summed E-state index contributed by atoms with van der Waals surface area (Å²) in [6, 6.07) is 12.3. The molecule has 1 radical (unpaired) electrons. The van der Waals surface area contributed by atoms with Crippen LogP contribution in [0.3, 0.4) is 0 Å². The second kappa shape index (κ2) is 7.22. The van der Waals surface area contributed by atoms with Crippen LogP contribution in [-0.4, -0.2) is 61.4 Å². The number of alkyl halides is 3. The van der Waals surface area contributed by atoms with Gasteiger partial charge in [-0.1, -0.05) is 0 Å². The number of halogens is 3. The number of nitrogens with zero attached hydrogens (tertiary/aromatic N) is 2. The Kier molecular flexibility index (Phi) is 5.29. The van der Waals surface area contributed by atoms with Gasteiger partial charge in [-0.05, 0) is 36.4 Å². The molecule has 4 rings (SSSR count).